The van der Waals surface area contributed by atoms with E-state index in [2.05, 4.69) is 4.98 Å². The van der Waals surface area contributed by atoms with Crippen molar-refractivity contribution in [3.63, 3.8) is 0 Å². The highest BCUT2D eigenvalue weighted by Gasteiger charge is 2.10. The van der Waals surface area contributed by atoms with Gasteiger partial charge in [0, 0.05) is 12.4 Å². The number of hydrogen-bond acceptors (Lipinski definition) is 3. The second-order valence-electron chi connectivity index (χ2n) is 2.81. The molecule has 4 heteroatoms. The van der Waals surface area contributed by atoms with Gasteiger partial charge in [0.1, 0.15) is 5.69 Å². The van der Waals surface area contributed by atoms with Crippen molar-refractivity contribution in [2.24, 2.45) is 0 Å². The molecule has 0 atom stereocenters. The first-order valence-electron chi connectivity index (χ1n) is 4.41. The van der Waals surface area contributed by atoms with Crippen LogP contribution in [0.15, 0.2) is 30.7 Å². The zero-order valence-electron chi connectivity index (χ0n) is 7.80. The smallest absolute Gasteiger partial charge is 0.355 e. The number of hydrogen-bond donors (Lipinski definition) is 0. The number of esters is 1. The molecule has 0 spiro atoms. The quantitative estimate of drug-likeness (QED) is 0.674. The molecule has 72 valence electrons. The predicted octanol–water partition coefficient (Wildman–Crippen LogP) is 1.51. The van der Waals surface area contributed by atoms with E-state index < -0.39 is 0 Å². The minimum Gasteiger partial charge on any atom is -0.461 e. The van der Waals surface area contributed by atoms with Crippen molar-refractivity contribution in [3.05, 3.63) is 36.4 Å². The molecular weight excluding hydrogens is 180 g/mol. The van der Waals surface area contributed by atoms with Gasteiger partial charge in [-0.3, -0.25) is 4.98 Å². The summed E-state index contributed by atoms with van der Waals surface area (Å²) >= 11 is 0. The summed E-state index contributed by atoms with van der Waals surface area (Å²) in [6, 6.07) is 3.56. The van der Waals surface area contributed by atoms with Gasteiger partial charge in [-0.1, -0.05) is 0 Å². The molecule has 2 aromatic heterocycles. The highest BCUT2D eigenvalue weighted by molar-refractivity contribution is 5.89. The van der Waals surface area contributed by atoms with E-state index in [4.69, 9.17) is 4.74 Å². The van der Waals surface area contributed by atoms with Crippen LogP contribution in [-0.4, -0.2) is 22.0 Å². The average Bonchev–Trinajstić information content (AvgIpc) is 2.61. The van der Waals surface area contributed by atoms with Crippen LogP contribution in [-0.2, 0) is 4.74 Å². The van der Waals surface area contributed by atoms with E-state index in [1.54, 1.807) is 36.0 Å². The molecule has 0 aliphatic rings. The van der Waals surface area contributed by atoms with Crippen LogP contribution in [0.5, 0.6) is 0 Å². The van der Waals surface area contributed by atoms with Crippen molar-refractivity contribution in [2.75, 3.05) is 6.61 Å². The first-order valence-corrected chi connectivity index (χ1v) is 4.41. The molecule has 0 saturated heterocycles. The fraction of sp³-hybridized carbons (Fsp3) is 0.200. The van der Waals surface area contributed by atoms with Crippen molar-refractivity contribution in [1.29, 1.82) is 0 Å². The molecule has 0 aliphatic heterocycles. The summed E-state index contributed by atoms with van der Waals surface area (Å²) in [5.74, 6) is -0.307. The molecule has 2 rings (SSSR count). The molecule has 0 aliphatic carbocycles. The molecule has 0 N–H and O–H groups in total. The number of aromatic nitrogens is 2. The molecule has 2 aromatic rings. The Morgan fingerprint density at radius 2 is 2.43 bits per heavy atom. The Labute approximate surface area is 81.1 Å². The first-order chi connectivity index (χ1) is 6.83. The molecule has 0 radical (unpaired) electrons. The van der Waals surface area contributed by atoms with Crippen molar-refractivity contribution in [2.45, 2.75) is 6.92 Å². The van der Waals surface area contributed by atoms with E-state index in [-0.39, 0.29) is 5.97 Å². The normalized spacial score (nSPS) is 10.4. The fourth-order valence-corrected chi connectivity index (χ4v) is 1.33. The summed E-state index contributed by atoms with van der Waals surface area (Å²) < 4.78 is 6.67. The molecule has 0 amide bonds. The van der Waals surface area contributed by atoms with Crippen molar-refractivity contribution in [3.8, 4) is 0 Å². The summed E-state index contributed by atoms with van der Waals surface area (Å²) in [4.78, 5) is 15.4. The maximum Gasteiger partial charge on any atom is 0.355 e. The molecule has 2 heterocycles. The predicted molar refractivity (Wildman–Crippen MR) is 51.1 cm³/mol. The highest BCUT2D eigenvalue weighted by atomic mass is 16.5. The first kappa shape index (κ1) is 8.74. The minimum absolute atomic E-state index is 0.307. The van der Waals surface area contributed by atoms with Gasteiger partial charge in [-0.25, -0.2) is 4.79 Å². The largest absolute Gasteiger partial charge is 0.461 e. The molecule has 0 fully saturated rings. The Balaban J connectivity index is 2.47. The summed E-state index contributed by atoms with van der Waals surface area (Å²) in [6.07, 6.45) is 5.07. The lowest BCUT2D eigenvalue weighted by atomic mass is 10.4. The highest BCUT2D eigenvalue weighted by Crippen LogP contribution is 2.09. The summed E-state index contributed by atoms with van der Waals surface area (Å²) in [6.45, 7) is 2.17. The lowest BCUT2D eigenvalue weighted by Gasteiger charge is -2.01. The SMILES string of the molecule is CCOC(=O)c1ccc2cnccn12. The lowest BCUT2D eigenvalue weighted by Crippen LogP contribution is -2.07. The topological polar surface area (TPSA) is 43.6 Å². The number of carbonyl (C=O) groups is 1. The summed E-state index contributed by atoms with van der Waals surface area (Å²) in [7, 11) is 0. The van der Waals surface area contributed by atoms with E-state index in [0.717, 1.165) is 5.52 Å². The summed E-state index contributed by atoms with van der Waals surface area (Å²) in [5.41, 5.74) is 1.42. The standard InChI is InChI=1S/C10H10N2O2/c1-2-14-10(13)9-4-3-8-7-11-5-6-12(8)9/h3-7H,2H2,1H3. The van der Waals surface area contributed by atoms with E-state index in [1.807, 2.05) is 6.07 Å². The van der Waals surface area contributed by atoms with E-state index in [9.17, 15) is 4.79 Å². The number of carbonyl (C=O) groups excluding carboxylic acids is 1. The summed E-state index contributed by atoms with van der Waals surface area (Å²) in [5, 5.41) is 0. The van der Waals surface area contributed by atoms with Gasteiger partial charge in [-0.15, -0.1) is 0 Å². The molecule has 0 aromatic carbocycles. The Hall–Kier alpha value is -1.84. The van der Waals surface area contributed by atoms with Crippen LogP contribution in [0.4, 0.5) is 0 Å². The zero-order chi connectivity index (χ0) is 9.97. The Morgan fingerprint density at radius 3 is 3.21 bits per heavy atom. The lowest BCUT2D eigenvalue weighted by molar-refractivity contribution is 0.0518. The molecule has 4 nitrogen and oxygen atoms in total. The number of ether oxygens (including phenoxy) is 1. The molecule has 0 bridgehead atoms. The van der Waals surface area contributed by atoms with Gasteiger partial charge in [0.25, 0.3) is 0 Å². The van der Waals surface area contributed by atoms with Gasteiger partial charge in [0.05, 0.1) is 18.3 Å². The number of rotatable bonds is 2. The fourth-order valence-electron chi connectivity index (χ4n) is 1.33. The van der Waals surface area contributed by atoms with Crippen molar-refractivity contribution >= 4 is 11.5 Å². The zero-order valence-corrected chi connectivity index (χ0v) is 7.80. The molecular formula is C10H10N2O2. The van der Waals surface area contributed by atoms with Crippen molar-refractivity contribution < 1.29 is 9.53 Å². The van der Waals surface area contributed by atoms with Gasteiger partial charge in [-0.2, -0.15) is 0 Å². The van der Waals surface area contributed by atoms with Crippen LogP contribution in [0.25, 0.3) is 5.52 Å². The molecule has 14 heavy (non-hydrogen) atoms. The third kappa shape index (κ3) is 1.35. The Bertz CT molecular complexity index is 462. The van der Waals surface area contributed by atoms with Crippen LogP contribution in [0.1, 0.15) is 17.4 Å². The van der Waals surface area contributed by atoms with Gasteiger partial charge in [-0.05, 0) is 19.1 Å². The van der Waals surface area contributed by atoms with E-state index in [1.165, 1.54) is 0 Å². The third-order valence-corrected chi connectivity index (χ3v) is 1.94. The minimum atomic E-state index is -0.307. The van der Waals surface area contributed by atoms with Crippen LogP contribution in [0.2, 0.25) is 0 Å². The second-order valence-corrected chi connectivity index (χ2v) is 2.81. The average molecular weight is 190 g/mol. The van der Waals surface area contributed by atoms with E-state index in [0.29, 0.717) is 12.3 Å². The second kappa shape index (κ2) is 3.49. The monoisotopic (exact) mass is 190 g/mol. The number of fused-ring (bicyclic) bond motifs is 1. The van der Waals surface area contributed by atoms with Crippen molar-refractivity contribution in [1.82, 2.24) is 9.38 Å². The van der Waals surface area contributed by atoms with Gasteiger partial charge in [0.2, 0.25) is 0 Å². The maximum atomic E-state index is 11.5. The number of nitrogens with zero attached hydrogens (tertiary/aromatic N) is 2. The maximum absolute atomic E-state index is 11.5. The van der Waals surface area contributed by atoms with Crippen LogP contribution >= 0.6 is 0 Å². The van der Waals surface area contributed by atoms with Crippen LogP contribution in [0, 0.1) is 0 Å². The molecule has 0 unspecified atom stereocenters. The van der Waals surface area contributed by atoms with Gasteiger partial charge >= 0.3 is 5.97 Å². The van der Waals surface area contributed by atoms with Crippen LogP contribution < -0.4 is 0 Å². The third-order valence-electron chi connectivity index (χ3n) is 1.94. The Kier molecular flexibility index (Phi) is 2.18. The molecule has 0 saturated carbocycles. The van der Waals surface area contributed by atoms with Crippen LogP contribution in [0.3, 0.4) is 0 Å². The van der Waals surface area contributed by atoms with Gasteiger partial charge in [0.15, 0.2) is 0 Å². The van der Waals surface area contributed by atoms with E-state index >= 15 is 0 Å². The Morgan fingerprint density at radius 1 is 1.57 bits per heavy atom. The van der Waals surface area contributed by atoms with Gasteiger partial charge < -0.3 is 9.14 Å².